The van der Waals surface area contributed by atoms with Crippen molar-refractivity contribution in [2.75, 3.05) is 31.1 Å². The Labute approximate surface area is 164 Å². The second-order valence-corrected chi connectivity index (χ2v) is 9.79. The van der Waals surface area contributed by atoms with E-state index in [-0.39, 0.29) is 35.9 Å². The molecule has 1 N–H and O–H groups in total. The van der Waals surface area contributed by atoms with Crippen LogP contribution in [0.1, 0.15) is 32.6 Å². The number of sulfonamides is 1. The van der Waals surface area contributed by atoms with Crippen molar-refractivity contribution in [1.29, 1.82) is 0 Å². The average molecular weight is 407 g/mol. The summed E-state index contributed by atoms with van der Waals surface area (Å²) >= 11 is 0. The molecule has 3 aliphatic rings. The molecule has 0 spiro atoms. The quantitative estimate of drug-likeness (QED) is 0.789. The van der Waals surface area contributed by atoms with Crippen molar-refractivity contribution in [3.63, 3.8) is 0 Å². The first-order valence-corrected chi connectivity index (χ1v) is 11.2. The number of ether oxygens (including phenoxy) is 1. The predicted octanol–water partition coefficient (Wildman–Crippen LogP) is 1.11. The Balaban J connectivity index is 1.61. The predicted molar refractivity (Wildman–Crippen MR) is 103 cm³/mol. The average Bonchev–Trinajstić information content (AvgIpc) is 3.47. The number of nitrogens with zero attached hydrogens (tertiary/aromatic N) is 2. The Bertz CT molecular complexity index is 897. The number of nitrogens with one attached hydrogen (secondary N) is 1. The minimum atomic E-state index is -3.67. The number of rotatable bonds is 5. The van der Waals surface area contributed by atoms with Gasteiger partial charge in [-0.05, 0) is 49.8 Å². The molecule has 0 unspecified atom stereocenters. The molecule has 9 heteroatoms. The number of carbonyl (C=O) groups excluding carboxylic acids is 2. The van der Waals surface area contributed by atoms with Crippen LogP contribution in [0.5, 0.6) is 5.75 Å². The van der Waals surface area contributed by atoms with Crippen molar-refractivity contribution in [3.05, 3.63) is 18.2 Å². The summed E-state index contributed by atoms with van der Waals surface area (Å²) in [5, 5.41) is 2.85. The normalized spacial score (nSPS) is 23.1. The van der Waals surface area contributed by atoms with E-state index in [1.165, 1.54) is 21.3 Å². The molecule has 8 nitrogen and oxygen atoms in total. The van der Waals surface area contributed by atoms with Gasteiger partial charge in [-0.25, -0.2) is 8.42 Å². The van der Waals surface area contributed by atoms with Gasteiger partial charge in [0.05, 0.1) is 10.6 Å². The van der Waals surface area contributed by atoms with Gasteiger partial charge in [-0.15, -0.1) is 0 Å². The highest BCUT2D eigenvalue weighted by Crippen LogP contribution is 2.35. The molecule has 2 fully saturated rings. The van der Waals surface area contributed by atoms with Crippen LogP contribution in [0.25, 0.3) is 0 Å². The first-order valence-electron chi connectivity index (χ1n) is 9.71. The molecule has 2 heterocycles. The van der Waals surface area contributed by atoms with Crippen molar-refractivity contribution in [2.24, 2.45) is 5.92 Å². The third-order valence-corrected chi connectivity index (χ3v) is 7.24. The molecule has 28 heavy (non-hydrogen) atoms. The number of amides is 2. The minimum absolute atomic E-state index is 0.117. The molecule has 0 aromatic heterocycles. The van der Waals surface area contributed by atoms with Crippen molar-refractivity contribution in [2.45, 2.75) is 43.5 Å². The van der Waals surface area contributed by atoms with E-state index >= 15 is 0 Å². The van der Waals surface area contributed by atoms with Gasteiger partial charge < -0.3 is 10.1 Å². The Morgan fingerprint density at radius 1 is 1.29 bits per heavy atom. The maximum absolute atomic E-state index is 13.1. The summed E-state index contributed by atoms with van der Waals surface area (Å²) in [7, 11) is -3.67. The third-order valence-electron chi connectivity index (χ3n) is 5.38. The van der Waals surface area contributed by atoms with Gasteiger partial charge in [0.1, 0.15) is 12.3 Å². The lowest BCUT2D eigenvalue weighted by Gasteiger charge is -2.32. The Morgan fingerprint density at radius 3 is 2.79 bits per heavy atom. The number of carbonyl (C=O) groups is 2. The largest absolute Gasteiger partial charge is 0.482 e. The van der Waals surface area contributed by atoms with Crippen molar-refractivity contribution in [1.82, 2.24) is 9.62 Å². The van der Waals surface area contributed by atoms with Crippen LogP contribution in [-0.4, -0.2) is 56.8 Å². The van der Waals surface area contributed by atoms with Gasteiger partial charge in [-0.1, -0.05) is 6.92 Å². The van der Waals surface area contributed by atoms with Crippen molar-refractivity contribution in [3.8, 4) is 5.75 Å². The standard InChI is InChI=1S/C19H25N3O5S/c1-13-3-2-8-21(10-13)28(25,26)15-6-7-17-16(9-15)22(19(24)12-27-17)11-18(23)20-14-4-5-14/h6-7,9,13-14H,2-5,8,10-12H2,1H3,(H,20,23)/t13-/m0/s1. The van der Waals surface area contributed by atoms with E-state index in [1.807, 2.05) is 6.92 Å². The lowest BCUT2D eigenvalue weighted by atomic mass is 10.0. The molecule has 4 rings (SSSR count). The van der Waals surface area contributed by atoms with Gasteiger partial charge in [-0.2, -0.15) is 4.31 Å². The van der Waals surface area contributed by atoms with Crippen molar-refractivity contribution >= 4 is 27.5 Å². The van der Waals surface area contributed by atoms with Crippen LogP contribution in [0, 0.1) is 5.92 Å². The lowest BCUT2D eigenvalue weighted by molar-refractivity contribution is -0.125. The molecular formula is C19H25N3O5S. The summed E-state index contributed by atoms with van der Waals surface area (Å²) in [5.41, 5.74) is 0.327. The van der Waals surface area contributed by atoms with E-state index in [0.29, 0.717) is 30.4 Å². The summed E-state index contributed by atoms with van der Waals surface area (Å²) in [4.78, 5) is 26.0. The van der Waals surface area contributed by atoms with Gasteiger partial charge in [0.25, 0.3) is 5.91 Å². The molecular weight excluding hydrogens is 382 g/mol. The number of anilines is 1. The Morgan fingerprint density at radius 2 is 2.07 bits per heavy atom. The summed E-state index contributed by atoms with van der Waals surface area (Å²) < 4.78 is 33.1. The molecule has 1 aromatic rings. The zero-order chi connectivity index (χ0) is 19.9. The van der Waals surface area contributed by atoms with Gasteiger partial charge in [0.15, 0.2) is 6.61 Å². The fraction of sp³-hybridized carbons (Fsp3) is 0.579. The number of fused-ring (bicyclic) bond motifs is 1. The van der Waals surface area contributed by atoms with Crippen LogP contribution >= 0.6 is 0 Å². The Hall–Kier alpha value is -2.13. The van der Waals surface area contributed by atoms with Gasteiger partial charge >= 0.3 is 0 Å². The van der Waals surface area contributed by atoms with Crippen LogP contribution in [0.15, 0.2) is 23.1 Å². The zero-order valence-electron chi connectivity index (χ0n) is 15.9. The maximum Gasteiger partial charge on any atom is 0.265 e. The van der Waals surface area contributed by atoms with E-state index in [2.05, 4.69) is 5.32 Å². The Kier molecular flexibility index (Phi) is 5.05. The zero-order valence-corrected chi connectivity index (χ0v) is 16.7. The van der Waals surface area contributed by atoms with Gasteiger partial charge in [0.2, 0.25) is 15.9 Å². The van der Waals surface area contributed by atoms with E-state index in [0.717, 1.165) is 25.7 Å². The van der Waals surface area contributed by atoms with Crippen LogP contribution in [0.2, 0.25) is 0 Å². The van der Waals surface area contributed by atoms with Gasteiger partial charge in [0, 0.05) is 19.1 Å². The molecule has 1 saturated carbocycles. The van der Waals surface area contributed by atoms with E-state index < -0.39 is 10.0 Å². The smallest absolute Gasteiger partial charge is 0.265 e. The van der Waals surface area contributed by atoms with Crippen LogP contribution in [0.3, 0.4) is 0 Å². The second kappa shape index (κ2) is 7.36. The maximum atomic E-state index is 13.1. The second-order valence-electron chi connectivity index (χ2n) is 7.85. The topological polar surface area (TPSA) is 96.0 Å². The number of hydrogen-bond acceptors (Lipinski definition) is 5. The highest BCUT2D eigenvalue weighted by atomic mass is 32.2. The number of benzene rings is 1. The summed E-state index contributed by atoms with van der Waals surface area (Å²) in [5.74, 6) is 0.111. The fourth-order valence-corrected chi connectivity index (χ4v) is 5.29. The first-order chi connectivity index (χ1) is 13.3. The van der Waals surface area contributed by atoms with Crippen molar-refractivity contribution < 1.29 is 22.7 Å². The monoisotopic (exact) mass is 407 g/mol. The summed E-state index contributed by atoms with van der Waals surface area (Å²) in [6.07, 6.45) is 3.76. The molecule has 2 amide bonds. The molecule has 1 aromatic carbocycles. The first kappa shape index (κ1) is 19.2. The molecule has 2 aliphatic heterocycles. The molecule has 152 valence electrons. The molecule has 0 bridgehead atoms. The molecule has 1 saturated heterocycles. The SMILES string of the molecule is C[C@H]1CCCN(S(=O)(=O)c2ccc3c(c2)N(CC(=O)NC2CC2)C(=O)CO3)C1. The molecule has 1 aliphatic carbocycles. The van der Waals surface area contributed by atoms with Gasteiger partial charge in [-0.3, -0.25) is 14.5 Å². The fourth-order valence-electron chi connectivity index (χ4n) is 3.67. The lowest BCUT2D eigenvalue weighted by Crippen LogP contribution is -2.45. The van der Waals surface area contributed by atoms with E-state index in [4.69, 9.17) is 4.74 Å². The molecule has 0 radical (unpaired) electrons. The highest BCUT2D eigenvalue weighted by Gasteiger charge is 2.33. The highest BCUT2D eigenvalue weighted by molar-refractivity contribution is 7.89. The van der Waals surface area contributed by atoms with E-state index in [9.17, 15) is 18.0 Å². The van der Waals surface area contributed by atoms with Crippen LogP contribution in [0.4, 0.5) is 5.69 Å². The minimum Gasteiger partial charge on any atom is -0.482 e. The van der Waals surface area contributed by atoms with Crippen LogP contribution < -0.4 is 15.0 Å². The number of hydrogen-bond donors (Lipinski definition) is 1. The third kappa shape index (κ3) is 3.86. The molecule has 1 atom stereocenters. The number of piperidine rings is 1. The summed E-state index contributed by atoms with van der Waals surface area (Å²) in [6, 6.07) is 4.71. The van der Waals surface area contributed by atoms with E-state index in [1.54, 1.807) is 6.07 Å². The van der Waals surface area contributed by atoms with Crippen LogP contribution in [-0.2, 0) is 19.6 Å². The summed E-state index contributed by atoms with van der Waals surface area (Å²) in [6.45, 7) is 2.71.